The Morgan fingerprint density at radius 2 is 1.75 bits per heavy atom. The van der Waals surface area contributed by atoms with Crippen molar-refractivity contribution in [2.24, 2.45) is 7.05 Å². The topological polar surface area (TPSA) is 121 Å². The van der Waals surface area contributed by atoms with Crippen LogP contribution in [0.15, 0.2) is 66.7 Å². The van der Waals surface area contributed by atoms with Crippen molar-refractivity contribution in [3.63, 3.8) is 0 Å². The van der Waals surface area contributed by atoms with Gasteiger partial charge in [0, 0.05) is 19.0 Å². The van der Waals surface area contributed by atoms with E-state index in [2.05, 4.69) is 15.5 Å². The van der Waals surface area contributed by atoms with Crippen LogP contribution in [0.5, 0.6) is 0 Å². The molecule has 3 N–H and O–H groups in total. The lowest BCUT2D eigenvalue weighted by Gasteiger charge is -2.15. The number of aryl methyl sites for hydroxylation is 1. The first kappa shape index (κ1) is 23.0. The molecule has 0 fully saturated rings. The summed E-state index contributed by atoms with van der Waals surface area (Å²) in [5.74, 6) is -1.12. The quantitative estimate of drug-likeness (QED) is 0.439. The molecule has 3 aromatic rings. The number of allylic oxidation sites excluding steroid dienone is 2. The number of carboxylic acid groups (broad SMARTS) is 1. The SMILES string of the molecule is Cn1nnnc1C(/C=C/[C@@H](O)C[C@@H](O)CC(=O)O)=C(/c1ccccc1)c1ccc(F)cc1. The van der Waals surface area contributed by atoms with Crippen LogP contribution in [0.25, 0.3) is 11.1 Å². The van der Waals surface area contributed by atoms with Gasteiger partial charge in [0.25, 0.3) is 0 Å². The van der Waals surface area contributed by atoms with E-state index < -0.39 is 24.6 Å². The second-order valence-electron chi connectivity index (χ2n) is 7.20. The number of hydrogen-bond acceptors (Lipinski definition) is 6. The summed E-state index contributed by atoms with van der Waals surface area (Å²) in [7, 11) is 1.67. The maximum atomic E-state index is 13.6. The first-order valence-corrected chi connectivity index (χ1v) is 9.89. The number of nitrogens with zero attached hydrogens (tertiary/aromatic N) is 4. The molecule has 3 rings (SSSR count). The second-order valence-corrected chi connectivity index (χ2v) is 7.20. The van der Waals surface area contributed by atoms with Gasteiger partial charge in [0.05, 0.1) is 18.6 Å². The Morgan fingerprint density at radius 1 is 1.09 bits per heavy atom. The van der Waals surface area contributed by atoms with E-state index in [4.69, 9.17) is 5.11 Å². The Balaban J connectivity index is 2.11. The third-order valence-electron chi connectivity index (χ3n) is 4.73. The number of hydrogen-bond donors (Lipinski definition) is 3. The summed E-state index contributed by atoms with van der Waals surface area (Å²) in [6.07, 6.45) is 0.153. The molecule has 1 aromatic heterocycles. The summed E-state index contributed by atoms with van der Waals surface area (Å²) in [5.41, 5.74) is 2.79. The molecule has 0 aliphatic carbocycles. The molecule has 32 heavy (non-hydrogen) atoms. The molecule has 2 atom stereocenters. The zero-order valence-corrected chi connectivity index (χ0v) is 17.3. The summed E-state index contributed by atoms with van der Waals surface area (Å²) in [5, 5.41) is 40.6. The molecule has 0 saturated carbocycles. The van der Waals surface area contributed by atoms with Crippen molar-refractivity contribution in [1.82, 2.24) is 20.2 Å². The van der Waals surface area contributed by atoms with Gasteiger partial charge in [-0.15, -0.1) is 5.10 Å². The van der Waals surface area contributed by atoms with Crippen LogP contribution < -0.4 is 0 Å². The third kappa shape index (κ3) is 5.93. The van der Waals surface area contributed by atoms with Crippen molar-refractivity contribution in [3.8, 4) is 0 Å². The van der Waals surface area contributed by atoms with Gasteiger partial charge < -0.3 is 15.3 Å². The van der Waals surface area contributed by atoms with Gasteiger partial charge in [0.1, 0.15) is 5.82 Å². The molecule has 8 nitrogen and oxygen atoms in total. The van der Waals surface area contributed by atoms with Crippen molar-refractivity contribution < 1.29 is 24.5 Å². The van der Waals surface area contributed by atoms with Gasteiger partial charge in [-0.2, -0.15) is 0 Å². The lowest BCUT2D eigenvalue weighted by molar-refractivity contribution is -0.139. The highest BCUT2D eigenvalue weighted by atomic mass is 19.1. The van der Waals surface area contributed by atoms with Crippen LogP contribution in [0, 0.1) is 5.82 Å². The van der Waals surface area contributed by atoms with Crippen LogP contribution >= 0.6 is 0 Å². The number of tetrazole rings is 1. The molecule has 166 valence electrons. The summed E-state index contributed by atoms with van der Waals surface area (Å²) in [6, 6.07) is 15.4. The Labute approximate surface area is 184 Å². The second kappa shape index (κ2) is 10.6. The van der Waals surface area contributed by atoms with Gasteiger partial charge in [-0.1, -0.05) is 54.6 Å². The number of aliphatic hydroxyl groups excluding tert-OH is 2. The van der Waals surface area contributed by atoms with Crippen molar-refractivity contribution in [3.05, 3.63) is 89.5 Å². The summed E-state index contributed by atoms with van der Waals surface area (Å²) in [6.45, 7) is 0. The van der Waals surface area contributed by atoms with E-state index in [1.54, 1.807) is 25.3 Å². The molecule has 2 aromatic carbocycles. The van der Waals surface area contributed by atoms with E-state index in [-0.39, 0.29) is 12.2 Å². The van der Waals surface area contributed by atoms with Gasteiger partial charge in [-0.25, -0.2) is 9.07 Å². The zero-order chi connectivity index (χ0) is 23.1. The predicted octanol–water partition coefficient (Wildman–Crippen LogP) is 2.45. The van der Waals surface area contributed by atoms with Crippen molar-refractivity contribution in [2.45, 2.75) is 25.0 Å². The van der Waals surface area contributed by atoms with E-state index in [1.807, 2.05) is 30.3 Å². The monoisotopic (exact) mass is 438 g/mol. The maximum Gasteiger partial charge on any atom is 0.305 e. The van der Waals surface area contributed by atoms with Crippen LogP contribution in [0.3, 0.4) is 0 Å². The Bertz CT molecular complexity index is 1110. The van der Waals surface area contributed by atoms with Crippen LogP contribution in [-0.4, -0.2) is 53.7 Å². The summed E-state index contributed by atoms with van der Waals surface area (Å²) >= 11 is 0. The normalized spacial score (nSPS) is 14.2. The molecule has 0 aliphatic rings. The standard InChI is InChI=1S/C23H23FN4O4/c1-28-23(25-26-27-28)20(12-11-18(29)13-19(30)14-21(31)32)22(15-5-3-2-4-6-15)16-7-9-17(24)10-8-16/h2-12,18-19,29-30H,13-14H2,1H3,(H,31,32)/b12-11+,22-20-/t18-,19-/m1/s1. The number of benzene rings is 2. The van der Waals surface area contributed by atoms with Crippen LogP contribution in [0.1, 0.15) is 29.8 Å². The van der Waals surface area contributed by atoms with E-state index in [0.29, 0.717) is 22.5 Å². The molecule has 0 radical (unpaired) electrons. The number of rotatable bonds is 9. The molecule has 0 spiro atoms. The van der Waals surface area contributed by atoms with Crippen molar-refractivity contribution in [2.75, 3.05) is 0 Å². The average Bonchev–Trinajstić information content (AvgIpc) is 3.17. The zero-order valence-electron chi connectivity index (χ0n) is 17.3. The molecule has 0 aliphatic heterocycles. The molecule has 1 heterocycles. The number of aromatic nitrogens is 4. The van der Waals surface area contributed by atoms with Crippen LogP contribution in [0.4, 0.5) is 4.39 Å². The molecular weight excluding hydrogens is 415 g/mol. The van der Waals surface area contributed by atoms with E-state index in [1.165, 1.54) is 22.9 Å². The predicted molar refractivity (Wildman–Crippen MR) is 116 cm³/mol. The fourth-order valence-corrected chi connectivity index (χ4v) is 3.28. The van der Waals surface area contributed by atoms with Crippen molar-refractivity contribution in [1.29, 1.82) is 0 Å². The first-order valence-electron chi connectivity index (χ1n) is 9.89. The van der Waals surface area contributed by atoms with E-state index in [0.717, 1.165) is 5.56 Å². The minimum Gasteiger partial charge on any atom is -0.481 e. The molecule has 0 saturated heterocycles. The lowest BCUT2D eigenvalue weighted by Crippen LogP contribution is -2.19. The number of aliphatic carboxylic acids is 1. The highest BCUT2D eigenvalue weighted by molar-refractivity contribution is 6.00. The summed E-state index contributed by atoms with van der Waals surface area (Å²) in [4.78, 5) is 10.8. The van der Waals surface area contributed by atoms with Crippen LogP contribution in [-0.2, 0) is 11.8 Å². The first-order chi connectivity index (χ1) is 15.3. The fraction of sp³-hybridized carbons (Fsp3) is 0.217. The van der Waals surface area contributed by atoms with Gasteiger partial charge in [0.15, 0.2) is 5.82 Å². The Kier molecular flexibility index (Phi) is 7.58. The smallest absolute Gasteiger partial charge is 0.305 e. The number of halogens is 1. The number of carboxylic acids is 1. The minimum absolute atomic E-state index is 0.148. The number of carbonyl (C=O) groups is 1. The van der Waals surface area contributed by atoms with Gasteiger partial charge in [-0.3, -0.25) is 4.79 Å². The number of aliphatic hydroxyl groups is 2. The minimum atomic E-state index is -1.19. The van der Waals surface area contributed by atoms with E-state index in [9.17, 15) is 19.4 Å². The van der Waals surface area contributed by atoms with Gasteiger partial charge in [-0.05, 0) is 39.3 Å². The largest absolute Gasteiger partial charge is 0.481 e. The molecule has 0 unspecified atom stereocenters. The van der Waals surface area contributed by atoms with E-state index >= 15 is 0 Å². The Hall–Kier alpha value is -3.69. The molecule has 9 heteroatoms. The molecular formula is C23H23FN4O4. The average molecular weight is 438 g/mol. The highest BCUT2D eigenvalue weighted by Gasteiger charge is 2.18. The summed E-state index contributed by atoms with van der Waals surface area (Å²) < 4.78 is 15.1. The van der Waals surface area contributed by atoms with Crippen LogP contribution in [0.2, 0.25) is 0 Å². The maximum absolute atomic E-state index is 13.6. The third-order valence-corrected chi connectivity index (χ3v) is 4.73. The molecule has 0 amide bonds. The van der Waals surface area contributed by atoms with Gasteiger partial charge in [0.2, 0.25) is 0 Å². The van der Waals surface area contributed by atoms with Crippen molar-refractivity contribution >= 4 is 17.1 Å². The van der Waals surface area contributed by atoms with Gasteiger partial charge >= 0.3 is 5.97 Å². The Morgan fingerprint density at radius 3 is 2.34 bits per heavy atom. The molecule has 0 bridgehead atoms. The fourth-order valence-electron chi connectivity index (χ4n) is 3.28. The lowest BCUT2D eigenvalue weighted by atomic mass is 9.92. The highest BCUT2D eigenvalue weighted by Crippen LogP contribution is 2.32.